The van der Waals surface area contributed by atoms with Crippen molar-refractivity contribution in [3.63, 3.8) is 0 Å². The van der Waals surface area contributed by atoms with Crippen LogP contribution in [0.1, 0.15) is 38.2 Å². The zero-order valence-electron chi connectivity index (χ0n) is 18.4. The lowest BCUT2D eigenvalue weighted by atomic mass is 10.1. The van der Waals surface area contributed by atoms with Crippen LogP contribution in [0.15, 0.2) is 60.0 Å². The Morgan fingerprint density at radius 2 is 1.90 bits per heavy atom. The van der Waals surface area contributed by atoms with E-state index in [0.717, 1.165) is 23.6 Å². The summed E-state index contributed by atoms with van der Waals surface area (Å²) in [5.41, 5.74) is 2.43. The number of nitrogens with one attached hydrogen (secondary N) is 2. The van der Waals surface area contributed by atoms with Gasteiger partial charge in [0, 0.05) is 25.8 Å². The predicted molar refractivity (Wildman–Crippen MR) is 122 cm³/mol. The summed E-state index contributed by atoms with van der Waals surface area (Å²) in [4.78, 5) is 26.5. The van der Waals surface area contributed by atoms with E-state index in [0.29, 0.717) is 31.0 Å². The number of allylic oxidation sites excluding steroid dienone is 4. The normalized spacial score (nSPS) is 19.7. The molecule has 0 saturated heterocycles. The van der Waals surface area contributed by atoms with E-state index in [2.05, 4.69) is 17.6 Å². The first-order valence-corrected chi connectivity index (χ1v) is 11.0. The molecule has 166 valence electrons. The highest BCUT2D eigenvalue weighted by Gasteiger charge is 2.37. The van der Waals surface area contributed by atoms with Crippen molar-refractivity contribution < 1.29 is 14.0 Å². The van der Waals surface area contributed by atoms with Gasteiger partial charge in [-0.05, 0) is 60.1 Å². The van der Waals surface area contributed by atoms with Gasteiger partial charge in [0.25, 0.3) is 0 Å². The van der Waals surface area contributed by atoms with E-state index in [1.54, 1.807) is 18.2 Å². The summed E-state index contributed by atoms with van der Waals surface area (Å²) in [5, 5.41) is 5.54. The van der Waals surface area contributed by atoms with Crippen molar-refractivity contribution >= 4 is 17.6 Å². The number of likely N-dealkylation sites (N-methyl/N-ethyl adjacent to an activating group) is 1. The summed E-state index contributed by atoms with van der Waals surface area (Å²) in [6.45, 7) is 3.37. The molecule has 0 radical (unpaired) electrons. The largest absolute Gasteiger partial charge is 0.345 e. The maximum absolute atomic E-state index is 13.2. The number of urea groups is 1. The number of benzene rings is 1. The van der Waals surface area contributed by atoms with Crippen LogP contribution in [0.4, 0.5) is 14.9 Å². The lowest BCUT2D eigenvalue weighted by molar-refractivity contribution is -0.129. The SMILES string of the molecule is CCCC1CC1CN(C)C(=O)Cc1ccc(NC(=O)NCC2=CCC=C(F)C=C2)cc1. The summed E-state index contributed by atoms with van der Waals surface area (Å²) in [7, 11) is 1.88. The second kappa shape index (κ2) is 10.9. The topological polar surface area (TPSA) is 61.4 Å². The second-order valence-corrected chi connectivity index (χ2v) is 8.44. The van der Waals surface area contributed by atoms with Crippen LogP contribution < -0.4 is 10.6 Å². The zero-order valence-corrected chi connectivity index (χ0v) is 18.4. The molecule has 2 unspecified atom stereocenters. The predicted octanol–water partition coefficient (Wildman–Crippen LogP) is 4.98. The molecular formula is C25H32FN3O2. The maximum Gasteiger partial charge on any atom is 0.319 e. The van der Waals surface area contributed by atoms with Crippen molar-refractivity contribution in [2.45, 2.75) is 39.0 Å². The number of halogens is 1. The highest BCUT2D eigenvalue weighted by molar-refractivity contribution is 5.89. The highest BCUT2D eigenvalue weighted by Crippen LogP contribution is 2.42. The summed E-state index contributed by atoms with van der Waals surface area (Å²) < 4.78 is 13.2. The Bertz CT molecular complexity index is 873. The van der Waals surface area contributed by atoms with E-state index < -0.39 is 0 Å². The number of carbonyl (C=O) groups excluding carboxylic acids is 2. The zero-order chi connectivity index (χ0) is 22.2. The van der Waals surface area contributed by atoms with Crippen LogP contribution in [0.5, 0.6) is 0 Å². The third-order valence-electron chi connectivity index (χ3n) is 5.83. The summed E-state index contributed by atoms with van der Waals surface area (Å²) in [6.07, 6.45) is 11.0. The van der Waals surface area contributed by atoms with Crippen molar-refractivity contribution in [3.8, 4) is 0 Å². The third kappa shape index (κ3) is 7.39. The van der Waals surface area contributed by atoms with Gasteiger partial charge in [-0.25, -0.2) is 9.18 Å². The molecule has 5 nitrogen and oxygen atoms in total. The van der Waals surface area contributed by atoms with Crippen LogP contribution in [-0.4, -0.2) is 37.0 Å². The monoisotopic (exact) mass is 425 g/mol. The highest BCUT2D eigenvalue weighted by atomic mass is 19.1. The molecule has 0 heterocycles. The number of rotatable bonds is 9. The van der Waals surface area contributed by atoms with Gasteiger partial charge in [0.15, 0.2) is 0 Å². The smallest absolute Gasteiger partial charge is 0.319 e. The molecule has 1 aromatic rings. The molecule has 3 amide bonds. The Kier molecular flexibility index (Phi) is 8.04. The fourth-order valence-electron chi connectivity index (χ4n) is 3.86. The maximum atomic E-state index is 13.2. The van der Waals surface area contributed by atoms with Crippen LogP contribution in [0.2, 0.25) is 0 Å². The first-order valence-electron chi connectivity index (χ1n) is 11.0. The standard InChI is InChI=1S/C25H32FN3O2/c1-3-5-20-15-21(20)17-29(2)24(30)14-18-9-12-23(13-10-18)28-25(31)27-16-19-6-4-7-22(26)11-8-19/h6-13,20-21H,3-5,14-17H2,1-2H3,(H2,27,28,31). The van der Waals surface area contributed by atoms with Crippen LogP contribution in [0.3, 0.4) is 0 Å². The van der Waals surface area contributed by atoms with E-state index in [1.165, 1.54) is 31.4 Å². The molecule has 1 aromatic carbocycles. The molecular weight excluding hydrogens is 393 g/mol. The Morgan fingerprint density at radius 1 is 1.13 bits per heavy atom. The number of anilines is 1. The minimum absolute atomic E-state index is 0.122. The number of hydrogen-bond acceptors (Lipinski definition) is 2. The van der Waals surface area contributed by atoms with Crippen LogP contribution in [0.25, 0.3) is 0 Å². The number of hydrogen-bond donors (Lipinski definition) is 2. The molecule has 31 heavy (non-hydrogen) atoms. The van der Waals surface area contributed by atoms with Crippen LogP contribution in [0, 0.1) is 11.8 Å². The summed E-state index contributed by atoms with van der Waals surface area (Å²) in [6, 6.07) is 6.99. The van der Waals surface area contributed by atoms with Gasteiger partial charge in [-0.3, -0.25) is 4.79 Å². The summed E-state index contributed by atoms with van der Waals surface area (Å²) in [5.74, 6) is 1.31. The molecule has 1 saturated carbocycles. The lowest BCUT2D eigenvalue weighted by Crippen LogP contribution is -2.30. The van der Waals surface area contributed by atoms with Crippen molar-refractivity contribution in [2.75, 3.05) is 25.5 Å². The molecule has 1 fully saturated rings. The Hall–Kier alpha value is -2.89. The van der Waals surface area contributed by atoms with E-state index in [-0.39, 0.29) is 17.8 Å². The first-order chi connectivity index (χ1) is 14.9. The average molecular weight is 426 g/mol. The molecule has 2 N–H and O–H groups in total. The first kappa shape index (κ1) is 22.8. The van der Waals surface area contributed by atoms with Gasteiger partial charge in [-0.15, -0.1) is 0 Å². The van der Waals surface area contributed by atoms with E-state index in [4.69, 9.17) is 0 Å². The van der Waals surface area contributed by atoms with Crippen molar-refractivity contribution in [3.05, 3.63) is 65.5 Å². The molecule has 2 atom stereocenters. The number of amides is 3. The average Bonchev–Trinajstić information content (AvgIpc) is 3.51. The van der Waals surface area contributed by atoms with Gasteiger partial charge in [-0.1, -0.05) is 44.1 Å². The van der Waals surface area contributed by atoms with Crippen LogP contribution >= 0.6 is 0 Å². The second-order valence-electron chi connectivity index (χ2n) is 8.44. The molecule has 3 rings (SSSR count). The van der Waals surface area contributed by atoms with E-state index >= 15 is 0 Å². The molecule has 0 aliphatic heterocycles. The lowest BCUT2D eigenvalue weighted by Gasteiger charge is -2.17. The minimum atomic E-state index is -0.332. The van der Waals surface area contributed by atoms with Crippen molar-refractivity contribution in [1.82, 2.24) is 10.2 Å². The van der Waals surface area contributed by atoms with Gasteiger partial charge >= 0.3 is 6.03 Å². The Labute approximate surface area is 184 Å². The molecule has 2 aliphatic carbocycles. The van der Waals surface area contributed by atoms with Gasteiger partial charge in [0.05, 0.1) is 6.42 Å². The quantitative estimate of drug-likeness (QED) is 0.586. The molecule has 0 bridgehead atoms. The van der Waals surface area contributed by atoms with Crippen LogP contribution in [-0.2, 0) is 11.2 Å². The van der Waals surface area contributed by atoms with E-state index in [1.807, 2.05) is 30.2 Å². The fraction of sp³-hybridized carbons (Fsp3) is 0.440. The van der Waals surface area contributed by atoms with Gasteiger partial charge in [-0.2, -0.15) is 0 Å². The van der Waals surface area contributed by atoms with Crippen molar-refractivity contribution in [2.24, 2.45) is 11.8 Å². The molecule has 0 aromatic heterocycles. The summed E-state index contributed by atoms with van der Waals surface area (Å²) >= 11 is 0. The fourth-order valence-corrected chi connectivity index (χ4v) is 3.86. The number of nitrogens with zero attached hydrogens (tertiary/aromatic N) is 1. The van der Waals surface area contributed by atoms with Gasteiger partial charge in [0.2, 0.25) is 5.91 Å². The van der Waals surface area contributed by atoms with E-state index in [9.17, 15) is 14.0 Å². The van der Waals surface area contributed by atoms with Crippen molar-refractivity contribution in [1.29, 1.82) is 0 Å². The van der Waals surface area contributed by atoms with Gasteiger partial charge < -0.3 is 15.5 Å². The minimum Gasteiger partial charge on any atom is -0.345 e. The Morgan fingerprint density at radius 3 is 2.65 bits per heavy atom. The van der Waals surface area contributed by atoms with Gasteiger partial charge in [0.1, 0.15) is 5.83 Å². The third-order valence-corrected chi connectivity index (χ3v) is 5.83. The molecule has 0 spiro atoms. The number of carbonyl (C=O) groups is 2. The Balaban J connectivity index is 1.40. The molecule has 2 aliphatic rings. The molecule has 6 heteroatoms.